The van der Waals surface area contributed by atoms with Gasteiger partial charge in [0.15, 0.2) is 0 Å². The first kappa shape index (κ1) is 14.3. The SMILES string of the molecule is CCCCCCc1cc(C(=O)O)nc2c(N)cccc12. The van der Waals surface area contributed by atoms with Crippen LogP contribution in [0.2, 0.25) is 0 Å². The molecule has 1 heterocycles. The summed E-state index contributed by atoms with van der Waals surface area (Å²) in [4.78, 5) is 15.3. The van der Waals surface area contributed by atoms with E-state index in [1.54, 1.807) is 12.1 Å². The molecular weight excluding hydrogens is 252 g/mol. The number of nitrogens with zero attached hydrogens (tertiary/aromatic N) is 1. The maximum atomic E-state index is 11.2. The molecule has 0 aliphatic heterocycles. The molecule has 2 aromatic rings. The molecule has 0 amide bonds. The average molecular weight is 272 g/mol. The van der Waals surface area contributed by atoms with Crippen LogP contribution >= 0.6 is 0 Å². The van der Waals surface area contributed by atoms with Gasteiger partial charge < -0.3 is 10.8 Å². The minimum absolute atomic E-state index is 0.0703. The van der Waals surface area contributed by atoms with E-state index in [9.17, 15) is 4.79 Å². The van der Waals surface area contributed by atoms with E-state index in [0.717, 1.165) is 30.2 Å². The summed E-state index contributed by atoms with van der Waals surface area (Å²) in [5.41, 5.74) is 8.13. The minimum atomic E-state index is -1.01. The molecule has 3 N–H and O–H groups in total. The zero-order chi connectivity index (χ0) is 14.5. The molecule has 0 spiro atoms. The zero-order valence-electron chi connectivity index (χ0n) is 11.7. The lowest BCUT2D eigenvalue weighted by Crippen LogP contribution is -2.04. The van der Waals surface area contributed by atoms with E-state index in [1.807, 2.05) is 12.1 Å². The van der Waals surface area contributed by atoms with E-state index < -0.39 is 5.97 Å². The molecule has 0 unspecified atom stereocenters. The van der Waals surface area contributed by atoms with Crippen molar-refractivity contribution in [3.8, 4) is 0 Å². The van der Waals surface area contributed by atoms with Crippen LogP contribution in [-0.2, 0) is 6.42 Å². The Bertz CT molecular complexity index is 623. The highest BCUT2D eigenvalue weighted by atomic mass is 16.4. The summed E-state index contributed by atoms with van der Waals surface area (Å²) in [5, 5.41) is 10.1. The lowest BCUT2D eigenvalue weighted by atomic mass is 10.0. The standard InChI is InChI=1S/C16H20N2O2/c1-2-3-4-5-7-11-10-14(16(19)20)18-15-12(11)8-6-9-13(15)17/h6,8-10H,2-5,7,17H2,1H3,(H,19,20). The smallest absolute Gasteiger partial charge is 0.354 e. The molecule has 0 aliphatic rings. The highest BCUT2D eigenvalue weighted by Crippen LogP contribution is 2.25. The molecular formula is C16H20N2O2. The van der Waals surface area contributed by atoms with Gasteiger partial charge in [-0.3, -0.25) is 0 Å². The fourth-order valence-electron chi connectivity index (χ4n) is 2.40. The van der Waals surface area contributed by atoms with E-state index in [-0.39, 0.29) is 5.69 Å². The molecule has 1 aromatic heterocycles. The fourth-order valence-corrected chi connectivity index (χ4v) is 2.40. The number of para-hydroxylation sites is 1. The molecule has 0 radical (unpaired) electrons. The van der Waals surface area contributed by atoms with Crippen LogP contribution in [0.5, 0.6) is 0 Å². The number of unbranched alkanes of at least 4 members (excludes halogenated alkanes) is 3. The maximum absolute atomic E-state index is 11.2. The van der Waals surface area contributed by atoms with Gasteiger partial charge in [-0.25, -0.2) is 9.78 Å². The zero-order valence-corrected chi connectivity index (χ0v) is 11.7. The predicted molar refractivity (Wildman–Crippen MR) is 81.0 cm³/mol. The third-order valence-electron chi connectivity index (χ3n) is 3.48. The number of aromatic carboxylic acids is 1. The normalized spacial score (nSPS) is 10.8. The summed E-state index contributed by atoms with van der Waals surface area (Å²) < 4.78 is 0. The van der Waals surface area contributed by atoms with Crippen LogP contribution in [0.25, 0.3) is 10.9 Å². The van der Waals surface area contributed by atoms with E-state index in [0.29, 0.717) is 11.2 Å². The molecule has 0 fully saturated rings. The Balaban J connectivity index is 2.40. The third-order valence-corrected chi connectivity index (χ3v) is 3.48. The number of nitrogen functional groups attached to an aromatic ring is 1. The largest absolute Gasteiger partial charge is 0.477 e. The van der Waals surface area contributed by atoms with Gasteiger partial charge in [-0.05, 0) is 30.5 Å². The van der Waals surface area contributed by atoms with Gasteiger partial charge in [0.05, 0.1) is 11.2 Å². The minimum Gasteiger partial charge on any atom is -0.477 e. The summed E-state index contributed by atoms with van der Waals surface area (Å²) in [7, 11) is 0. The highest BCUT2D eigenvalue weighted by molar-refractivity contribution is 5.96. The number of pyridine rings is 1. The number of anilines is 1. The first-order valence-electron chi connectivity index (χ1n) is 7.05. The number of hydrogen-bond donors (Lipinski definition) is 2. The van der Waals surface area contributed by atoms with E-state index in [2.05, 4.69) is 11.9 Å². The van der Waals surface area contributed by atoms with Gasteiger partial charge in [-0.1, -0.05) is 38.3 Å². The van der Waals surface area contributed by atoms with Crippen LogP contribution in [0.4, 0.5) is 5.69 Å². The summed E-state index contributed by atoms with van der Waals surface area (Å²) in [5.74, 6) is -1.01. The van der Waals surface area contributed by atoms with Crippen molar-refractivity contribution in [1.82, 2.24) is 4.98 Å². The van der Waals surface area contributed by atoms with Crippen molar-refractivity contribution >= 4 is 22.6 Å². The molecule has 0 saturated heterocycles. The van der Waals surface area contributed by atoms with E-state index >= 15 is 0 Å². The summed E-state index contributed by atoms with van der Waals surface area (Å²) in [6.07, 6.45) is 5.47. The first-order valence-corrected chi connectivity index (χ1v) is 7.05. The number of aryl methyl sites for hydroxylation is 1. The van der Waals surface area contributed by atoms with Gasteiger partial charge in [-0.2, -0.15) is 0 Å². The van der Waals surface area contributed by atoms with Crippen molar-refractivity contribution in [3.05, 3.63) is 35.5 Å². The summed E-state index contributed by atoms with van der Waals surface area (Å²) in [6.45, 7) is 2.17. The van der Waals surface area contributed by atoms with Crippen LogP contribution in [-0.4, -0.2) is 16.1 Å². The van der Waals surface area contributed by atoms with Crippen molar-refractivity contribution in [2.75, 3.05) is 5.73 Å². The molecule has 4 nitrogen and oxygen atoms in total. The van der Waals surface area contributed by atoms with Crippen LogP contribution in [0, 0.1) is 0 Å². The summed E-state index contributed by atoms with van der Waals surface area (Å²) >= 11 is 0. The van der Waals surface area contributed by atoms with E-state index in [4.69, 9.17) is 10.8 Å². The van der Waals surface area contributed by atoms with Crippen molar-refractivity contribution in [2.45, 2.75) is 39.0 Å². The molecule has 1 aromatic carbocycles. The lowest BCUT2D eigenvalue weighted by molar-refractivity contribution is 0.0691. The van der Waals surface area contributed by atoms with Crippen LogP contribution in [0.1, 0.15) is 48.7 Å². The second-order valence-electron chi connectivity index (χ2n) is 5.03. The number of carboxylic acid groups (broad SMARTS) is 1. The van der Waals surface area contributed by atoms with Gasteiger partial charge in [-0.15, -0.1) is 0 Å². The molecule has 0 aliphatic carbocycles. The third kappa shape index (κ3) is 3.07. The molecule has 4 heteroatoms. The lowest BCUT2D eigenvalue weighted by Gasteiger charge is -2.09. The van der Waals surface area contributed by atoms with E-state index in [1.165, 1.54) is 12.8 Å². The number of benzene rings is 1. The molecule has 106 valence electrons. The fraction of sp³-hybridized carbons (Fsp3) is 0.375. The van der Waals surface area contributed by atoms with Gasteiger partial charge in [0.1, 0.15) is 5.69 Å². The number of aromatic nitrogens is 1. The Morgan fingerprint density at radius 1 is 1.30 bits per heavy atom. The Labute approximate surface area is 118 Å². The van der Waals surface area contributed by atoms with Crippen LogP contribution in [0.3, 0.4) is 0 Å². The topological polar surface area (TPSA) is 76.2 Å². The molecule has 2 rings (SSSR count). The number of nitrogens with two attached hydrogens (primary N) is 1. The maximum Gasteiger partial charge on any atom is 0.354 e. The summed E-state index contributed by atoms with van der Waals surface area (Å²) in [6, 6.07) is 7.27. The van der Waals surface area contributed by atoms with Gasteiger partial charge in [0, 0.05) is 5.39 Å². The molecule has 20 heavy (non-hydrogen) atoms. The monoisotopic (exact) mass is 272 g/mol. The van der Waals surface area contributed by atoms with Crippen LogP contribution in [0.15, 0.2) is 24.3 Å². The van der Waals surface area contributed by atoms with Crippen molar-refractivity contribution in [1.29, 1.82) is 0 Å². The van der Waals surface area contributed by atoms with Gasteiger partial charge >= 0.3 is 5.97 Å². The molecule has 0 atom stereocenters. The predicted octanol–water partition coefficient (Wildman–Crippen LogP) is 3.64. The number of carbonyl (C=O) groups is 1. The second-order valence-corrected chi connectivity index (χ2v) is 5.03. The van der Waals surface area contributed by atoms with Crippen molar-refractivity contribution < 1.29 is 9.90 Å². The number of carboxylic acids is 1. The quantitative estimate of drug-likeness (QED) is 0.621. The van der Waals surface area contributed by atoms with Gasteiger partial charge in [0.2, 0.25) is 0 Å². The van der Waals surface area contributed by atoms with Gasteiger partial charge in [0.25, 0.3) is 0 Å². The Kier molecular flexibility index (Phi) is 4.56. The number of fused-ring (bicyclic) bond motifs is 1. The van der Waals surface area contributed by atoms with Crippen molar-refractivity contribution in [3.63, 3.8) is 0 Å². The average Bonchev–Trinajstić information content (AvgIpc) is 2.44. The Morgan fingerprint density at radius 2 is 2.10 bits per heavy atom. The molecule has 0 saturated carbocycles. The number of hydrogen-bond acceptors (Lipinski definition) is 3. The second kappa shape index (κ2) is 6.37. The highest BCUT2D eigenvalue weighted by Gasteiger charge is 2.12. The molecule has 0 bridgehead atoms. The van der Waals surface area contributed by atoms with Crippen molar-refractivity contribution in [2.24, 2.45) is 0 Å². The number of rotatable bonds is 6. The first-order chi connectivity index (χ1) is 9.63. The Morgan fingerprint density at radius 3 is 2.80 bits per heavy atom. The Hall–Kier alpha value is -2.10. The van der Waals surface area contributed by atoms with Crippen LogP contribution < -0.4 is 5.73 Å².